The predicted octanol–water partition coefficient (Wildman–Crippen LogP) is 1.52. The van der Waals surface area contributed by atoms with E-state index in [2.05, 4.69) is 17.5 Å². The standard InChI is InChI=1S/C10H18N2O2/c11-8-12-10(13)14-9-6-4-2-1-3-5-7-9/h1-2,9H,3-8,11H2,(H,12,13)/b2-1+. The van der Waals surface area contributed by atoms with E-state index < -0.39 is 6.09 Å². The van der Waals surface area contributed by atoms with Gasteiger partial charge in [-0.3, -0.25) is 0 Å². The lowest BCUT2D eigenvalue weighted by Gasteiger charge is -2.18. The van der Waals surface area contributed by atoms with E-state index in [4.69, 9.17) is 10.5 Å². The Bertz CT molecular complexity index is 204. The van der Waals surface area contributed by atoms with Crippen molar-refractivity contribution in [2.24, 2.45) is 5.73 Å². The Hall–Kier alpha value is -1.03. The van der Waals surface area contributed by atoms with Gasteiger partial charge in [0.05, 0.1) is 6.67 Å². The number of alkyl carbamates (subject to hydrolysis) is 1. The quantitative estimate of drug-likeness (QED) is 0.522. The van der Waals surface area contributed by atoms with Crippen LogP contribution in [-0.2, 0) is 4.74 Å². The van der Waals surface area contributed by atoms with Crippen LogP contribution in [0.2, 0.25) is 0 Å². The van der Waals surface area contributed by atoms with Crippen LogP contribution < -0.4 is 11.1 Å². The Balaban J connectivity index is 2.27. The van der Waals surface area contributed by atoms with E-state index in [1.54, 1.807) is 0 Å². The highest BCUT2D eigenvalue weighted by Crippen LogP contribution is 2.15. The highest BCUT2D eigenvalue weighted by molar-refractivity contribution is 5.67. The summed E-state index contributed by atoms with van der Waals surface area (Å²) < 4.78 is 5.20. The normalized spacial score (nSPS) is 24.5. The SMILES string of the molecule is NCNC(=O)OC1CC/C=C/CCC1. The summed E-state index contributed by atoms with van der Waals surface area (Å²) in [5, 5.41) is 2.43. The number of carbonyl (C=O) groups is 1. The highest BCUT2D eigenvalue weighted by Gasteiger charge is 2.13. The van der Waals surface area contributed by atoms with E-state index in [0.29, 0.717) is 0 Å². The molecule has 1 aliphatic carbocycles. The van der Waals surface area contributed by atoms with Crippen molar-refractivity contribution in [3.05, 3.63) is 12.2 Å². The van der Waals surface area contributed by atoms with Crippen molar-refractivity contribution in [2.45, 2.75) is 38.2 Å². The lowest BCUT2D eigenvalue weighted by atomic mass is 10.0. The smallest absolute Gasteiger partial charge is 0.408 e. The Kier molecular flexibility index (Phi) is 5.07. The van der Waals surface area contributed by atoms with Gasteiger partial charge >= 0.3 is 6.09 Å². The van der Waals surface area contributed by atoms with Gasteiger partial charge in [-0.2, -0.15) is 0 Å². The summed E-state index contributed by atoms with van der Waals surface area (Å²) in [4.78, 5) is 11.1. The van der Waals surface area contributed by atoms with Gasteiger partial charge in [-0.15, -0.1) is 0 Å². The molecule has 3 N–H and O–H groups in total. The molecule has 1 amide bonds. The first kappa shape index (κ1) is 11.0. The molecule has 1 unspecified atom stereocenters. The van der Waals surface area contributed by atoms with Crippen LogP contribution in [0.4, 0.5) is 4.79 Å². The van der Waals surface area contributed by atoms with Crippen LogP contribution in [0.1, 0.15) is 32.1 Å². The lowest BCUT2D eigenvalue weighted by molar-refractivity contribution is 0.0866. The Morgan fingerprint density at radius 2 is 2.21 bits per heavy atom. The maximum absolute atomic E-state index is 11.1. The number of hydrogen-bond acceptors (Lipinski definition) is 3. The molecule has 0 heterocycles. The van der Waals surface area contributed by atoms with Gasteiger partial charge in [0.1, 0.15) is 6.10 Å². The number of carbonyl (C=O) groups excluding carboxylic acids is 1. The first-order valence-corrected chi connectivity index (χ1v) is 5.12. The number of rotatable bonds is 2. The first-order valence-electron chi connectivity index (χ1n) is 5.12. The molecule has 4 nitrogen and oxygen atoms in total. The number of hydrogen-bond donors (Lipinski definition) is 2. The van der Waals surface area contributed by atoms with Crippen LogP contribution in [0.15, 0.2) is 12.2 Å². The molecule has 4 heteroatoms. The molecule has 14 heavy (non-hydrogen) atoms. The van der Waals surface area contributed by atoms with Gasteiger partial charge < -0.3 is 15.8 Å². The molecule has 0 spiro atoms. The van der Waals surface area contributed by atoms with E-state index >= 15 is 0 Å². The second-order valence-electron chi connectivity index (χ2n) is 3.39. The Morgan fingerprint density at radius 3 is 3.00 bits per heavy atom. The van der Waals surface area contributed by atoms with E-state index in [9.17, 15) is 4.79 Å². The van der Waals surface area contributed by atoms with Crippen molar-refractivity contribution in [2.75, 3.05) is 6.67 Å². The molecular weight excluding hydrogens is 180 g/mol. The van der Waals surface area contributed by atoms with Crippen LogP contribution in [0, 0.1) is 0 Å². The molecule has 0 radical (unpaired) electrons. The van der Waals surface area contributed by atoms with Gasteiger partial charge in [-0.1, -0.05) is 12.2 Å². The zero-order chi connectivity index (χ0) is 10.2. The largest absolute Gasteiger partial charge is 0.446 e. The highest BCUT2D eigenvalue weighted by atomic mass is 16.6. The van der Waals surface area contributed by atoms with Crippen LogP contribution >= 0.6 is 0 Å². The van der Waals surface area contributed by atoms with E-state index in [1.165, 1.54) is 0 Å². The molecule has 1 rings (SSSR count). The average Bonchev–Trinajstić information content (AvgIpc) is 2.10. The number of amides is 1. The zero-order valence-corrected chi connectivity index (χ0v) is 8.37. The fraction of sp³-hybridized carbons (Fsp3) is 0.700. The monoisotopic (exact) mass is 198 g/mol. The van der Waals surface area contributed by atoms with Crippen molar-refractivity contribution >= 4 is 6.09 Å². The number of nitrogens with one attached hydrogen (secondary N) is 1. The third kappa shape index (κ3) is 4.28. The summed E-state index contributed by atoms with van der Waals surface area (Å²) >= 11 is 0. The zero-order valence-electron chi connectivity index (χ0n) is 8.37. The lowest BCUT2D eigenvalue weighted by Crippen LogP contribution is -2.33. The second kappa shape index (κ2) is 6.43. The third-order valence-corrected chi connectivity index (χ3v) is 2.24. The minimum Gasteiger partial charge on any atom is -0.446 e. The van der Waals surface area contributed by atoms with Gasteiger partial charge in [0.25, 0.3) is 0 Å². The molecule has 0 aromatic heterocycles. The molecule has 0 saturated carbocycles. The second-order valence-corrected chi connectivity index (χ2v) is 3.39. The van der Waals surface area contributed by atoms with Crippen molar-refractivity contribution in [3.63, 3.8) is 0 Å². The average molecular weight is 198 g/mol. The van der Waals surface area contributed by atoms with E-state index in [0.717, 1.165) is 32.1 Å². The number of nitrogens with two attached hydrogens (primary N) is 1. The van der Waals surface area contributed by atoms with Crippen molar-refractivity contribution < 1.29 is 9.53 Å². The first-order chi connectivity index (χ1) is 6.83. The summed E-state index contributed by atoms with van der Waals surface area (Å²) in [6.45, 7) is 0.130. The summed E-state index contributed by atoms with van der Waals surface area (Å²) in [6.07, 6.45) is 8.99. The van der Waals surface area contributed by atoms with Crippen molar-refractivity contribution in [1.82, 2.24) is 5.32 Å². The minimum absolute atomic E-state index is 0.0477. The maximum Gasteiger partial charge on any atom is 0.408 e. The molecule has 1 aliphatic rings. The Labute approximate surface area is 84.5 Å². The fourth-order valence-electron chi connectivity index (χ4n) is 1.52. The summed E-state index contributed by atoms with van der Waals surface area (Å²) in [5.74, 6) is 0. The van der Waals surface area contributed by atoms with Gasteiger partial charge in [0.15, 0.2) is 0 Å². The minimum atomic E-state index is -0.401. The van der Waals surface area contributed by atoms with E-state index in [-0.39, 0.29) is 12.8 Å². The van der Waals surface area contributed by atoms with Crippen LogP contribution in [0.25, 0.3) is 0 Å². The summed E-state index contributed by atoms with van der Waals surface area (Å²) in [5.41, 5.74) is 5.17. The fourth-order valence-corrected chi connectivity index (χ4v) is 1.52. The van der Waals surface area contributed by atoms with Crippen molar-refractivity contribution in [1.29, 1.82) is 0 Å². The molecule has 0 aliphatic heterocycles. The predicted molar refractivity (Wildman–Crippen MR) is 54.7 cm³/mol. The van der Waals surface area contributed by atoms with E-state index in [1.807, 2.05) is 0 Å². The molecule has 0 aromatic rings. The number of allylic oxidation sites excluding steroid dienone is 2. The van der Waals surface area contributed by atoms with Gasteiger partial charge in [-0.05, 0) is 32.1 Å². The maximum atomic E-state index is 11.1. The molecule has 80 valence electrons. The topological polar surface area (TPSA) is 64.3 Å². The molecule has 0 bridgehead atoms. The Morgan fingerprint density at radius 1 is 1.43 bits per heavy atom. The van der Waals surface area contributed by atoms with Crippen molar-refractivity contribution in [3.8, 4) is 0 Å². The van der Waals surface area contributed by atoms with Crippen LogP contribution in [0.5, 0.6) is 0 Å². The molecule has 0 aromatic carbocycles. The summed E-state index contributed by atoms with van der Waals surface area (Å²) in [7, 11) is 0. The molecule has 1 atom stereocenters. The summed E-state index contributed by atoms with van der Waals surface area (Å²) in [6, 6.07) is 0. The number of ether oxygens (including phenoxy) is 1. The molecular formula is C10H18N2O2. The third-order valence-electron chi connectivity index (χ3n) is 2.24. The van der Waals surface area contributed by atoms with Crippen LogP contribution in [-0.4, -0.2) is 18.9 Å². The van der Waals surface area contributed by atoms with Gasteiger partial charge in [0.2, 0.25) is 0 Å². The molecule has 0 fully saturated rings. The molecule has 0 saturated heterocycles. The van der Waals surface area contributed by atoms with Gasteiger partial charge in [0, 0.05) is 0 Å². The van der Waals surface area contributed by atoms with Crippen LogP contribution in [0.3, 0.4) is 0 Å². The van der Waals surface area contributed by atoms with Gasteiger partial charge in [-0.25, -0.2) is 4.79 Å².